The standard InChI is InChI=1S/C10H4ClF3N2O3/c11-5-1-4(10(12,13)14)2-6(3-5)16-8(18)7(17)15-9(16)19/h1-3H,(H,15,17,19). The zero-order valence-corrected chi connectivity index (χ0v) is 9.67. The number of rotatable bonds is 1. The maximum absolute atomic E-state index is 12.6. The van der Waals surface area contributed by atoms with Gasteiger partial charge in [0.25, 0.3) is 0 Å². The van der Waals surface area contributed by atoms with Crippen LogP contribution in [0.2, 0.25) is 5.02 Å². The molecule has 1 fully saturated rings. The van der Waals surface area contributed by atoms with Crippen LogP contribution in [0.3, 0.4) is 0 Å². The molecule has 0 aromatic heterocycles. The lowest BCUT2D eigenvalue weighted by atomic mass is 10.2. The largest absolute Gasteiger partial charge is 0.416 e. The Labute approximate surface area is 108 Å². The molecule has 4 amide bonds. The quantitative estimate of drug-likeness (QED) is 0.635. The molecule has 0 atom stereocenters. The second-order valence-electron chi connectivity index (χ2n) is 3.60. The van der Waals surface area contributed by atoms with Gasteiger partial charge >= 0.3 is 24.0 Å². The summed E-state index contributed by atoms with van der Waals surface area (Å²) in [5.74, 6) is -2.47. The number of benzene rings is 1. The van der Waals surface area contributed by atoms with Crippen LogP contribution in [0.1, 0.15) is 5.56 Å². The number of carbonyl (C=O) groups is 3. The van der Waals surface area contributed by atoms with Gasteiger partial charge < -0.3 is 0 Å². The Bertz CT molecular complexity index is 600. The smallest absolute Gasteiger partial charge is 0.269 e. The Balaban J connectivity index is 2.52. The van der Waals surface area contributed by atoms with Gasteiger partial charge in [-0.25, -0.2) is 9.69 Å². The molecule has 9 heteroatoms. The summed E-state index contributed by atoms with van der Waals surface area (Å²) in [5, 5.41) is 1.35. The number of hydrogen-bond donors (Lipinski definition) is 1. The Kier molecular flexibility index (Phi) is 2.97. The molecule has 0 bridgehead atoms. The first kappa shape index (κ1) is 13.3. The fourth-order valence-electron chi connectivity index (χ4n) is 1.50. The highest BCUT2D eigenvalue weighted by molar-refractivity contribution is 6.53. The van der Waals surface area contributed by atoms with E-state index in [2.05, 4.69) is 0 Å². The average Bonchev–Trinajstić information content (AvgIpc) is 2.51. The molecule has 1 aromatic rings. The lowest BCUT2D eigenvalue weighted by Gasteiger charge is -2.14. The van der Waals surface area contributed by atoms with Crippen molar-refractivity contribution in [1.82, 2.24) is 5.32 Å². The number of nitrogens with zero attached hydrogens (tertiary/aromatic N) is 1. The summed E-state index contributed by atoms with van der Waals surface area (Å²) in [6.45, 7) is 0. The monoisotopic (exact) mass is 292 g/mol. The minimum Gasteiger partial charge on any atom is -0.269 e. The van der Waals surface area contributed by atoms with Crippen LogP contribution in [0, 0.1) is 0 Å². The van der Waals surface area contributed by atoms with Gasteiger partial charge in [-0.05, 0) is 18.2 Å². The number of hydrogen-bond acceptors (Lipinski definition) is 3. The topological polar surface area (TPSA) is 66.5 Å². The molecular weight excluding hydrogens is 289 g/mol. The Morgan fingerprint density at radius 2 is 1.74 bits per heavy atom. The summed E-state index contributed by atoms with van der Waals surface area (Å²) in [4.78, 5) is 33.9. The summed E-state index contributed by atoms with van der Waals surface area (Å²) < 4.78 is 37.7. The molecule has 19 heavy (non-hydrogen) atoms. The summed E-state index contributed by atoms with van der Waals surface area (Å²) in [6.07, 6.45) is -4.69. The fraction of sp³-hybridized carbons (Fsp3) is 0.100. The predicted molar refractivity (Wildman–Crippen MR) is 57.5 cm³/mol. The van der Waals surface area contributed by atoms with Crippen molar-refractivity contribution in [3.8, 4) is 0 Å². The van der Waals surface area contributed by atoms with Crippen LogP contribution in [0.25, 0.3) is 0 Å². The van der Waals surface area contributed by atoms with Crippen LogP contribution in [-0.2, 0) is 15.8 Å². The summed E-state index contributed by atoms with van der Waals surface area (Å²) in [7, 11) is 0. The second kappa shape index (κ2) is 4.23. The van der Waals surface area contributed by atoms with Gasteiger partial charge in [-0.1, -0.05) is 11.6 Å². The maximum Gasteiger partial charge on any atom is 0.416 e. The number of amides is 4. The molecule has 1 heterocycles. The first-order valence-electron chi connectivity index (χ1n) is 4.77. The van der Waals surface area contributed by atoms with Crippen LogP contribution >= 0.6 is 11.6 Å². The third-order valence-electron chi connectivity index (χ3n) is 2.29. The van der Waals surface area contributed by atoms with Crippen molar-refractivity contribution in [2.45, 2.75) is 6.18 Å². The average molecular weight is 293 g/mol. The number of anilines is 1. The molecule has 1 N–H and O–H groups in total. The van der Waals surface area contributed by atoms with Crippen molar-refractivity contribution in [3.05, 3.63) is 28.8 Å². The van der Waals surface area contributed by atoms with Gasteiger partial charge in [0, 0.05) is 5.02 Å². The number of halogens is 4. The van der Waals surface area contributed by atoms with E-state index in [0.717, 1.165) is 6.07 Å². The van der Waals surface area contributed by atoms with Crippen LogP contribution in [0.15, 0.2) is 18.2 Å². The van der Waals surface area contributed by atoms with Gasteiger partial charge in [-0.15, -0.1) is 0 Å². The molecule has 0 aliphatic carbocycles. The molecule has 1 saturated heterocycles. The normalized spacial score (nSPS) is 16.0. The predicted octanol–water partition coefficient (Wildman–Crippen LogP) is 1.94. The highest BCUT2D eigenvalue weighted by Crippen LogP contribution is 2.34. The number of imide groups is 2. The molecule has 1 aliphatic heterocycles. The van der Waals surface area contributed by atoms with Crippen molar-refractivity contribution >= 4 is 35.1 Å². The van der Waals surface area contributed by atoms with Gasteiger partial charge in [-0.3, -0.25) is 14.9 Å². The fourth-order valence-corrected chi connectivity index (χ4v) is 1.73. The van der Waals surface area contributed by atoms with Crippen molar-refractivity contribution in [2.75, 3.05) is 4.90 Å². The van der Waals surface area contributed by atoms with E-state index >= 15 is 0 Å². The first-order chi connectivity index (χ1) is 8.70. The molecule has 1 aliphatic rings. The molecule has 5 nitrogen and oxygen atoms in total. The lowest BCUT2D eigenvalue weighted by molar-refractivity contribution is -0.137. The van der Waals surface area contributed by atoms with E-state index in [1.54, 1.807) is 5.32 Å². The molecule has 2 rings (SSSR count). The number of alkyl halides is 3. The molecule has 0 saturated carbocycles. The highest BCUT2D eigenvalue weighted by Gasteiger charge is 2.39. The maximum atomic E-state index is 12.6. The van der Waals surface area contributed by atoms with Crippen molar-refractivity contribution in [1.29, 1.82) is 0 Å². The van der Waals surface area contributed by atoms with E-state index < -0.39 is 35.3 Å². The molecule has 0 unspecified atom stereocenters. The van der Waals surface area contributed by atoms with Gasteiger partial charge in [0.2, 0.25) is 0 Å². The minimum absolute atomic E-state index is 0.295. The number of urea groups is 1. The molecular formula is C10H4ClF3N2O3. The zero-order chi connectivity index (χ0) is 14.4. The first-order valence-corrected chi connectivity index (χ1v) is 5.15. The lowest BCUT2D eigenvalue weighted by Crippen LogP contribution is -2.31. The van der Waals surface area contributed by atoms with Crippen LogP contribution in [0.5, 0.6) is 0 Å². The molecule has 0 radical (unpaired) electrons. The molecule has 100 valence electrons. The van der Waals surface area contributed by atoms with Gasteiger partial charge in [0.05, 0.1) is 11.3 Å². The van der Waals surface area contributed by atoms with Crippen LogP contribution < -0.4 is 10.2 Å². The van der Waals surface area contributed by atoms with Crippen molar-refractivity contribution in [2.24, 2.45) is 0 Å². The van der Waals surface area contributed by atoms with E-state index in [4.69, 9.17) is 11.6 Å². The Morgan fingerprint density at radius 1 is 1.11 bits per heavy atom. The summed E-state index contributed by atoms with van der Waals surface area (Å²) >= 11 is 5.51. The van der Waals surface area contributed by atoms with Gasteiger partial charge in [0.15, 0.2) is 0 Å². The third kappa shape index (κ3) is 2.39. The number of nitrogens with one attached hydrogen (secondary N) is 1. The Hall–Kier alpha value is -2.09. The van der Waals surface area contributed by atoms with Crippen molar-refractivity contribution in [3.63, 3.8) is 0 Å². The SMILES string of the molecule is O=C1NC(=O)N(c2cc(Cl)cc(C(F)(F)F)c2)C1=O. The van der Waals surface area contributed by atoms with Gasteiger partial charge in [0.1, 0.15) is 0 Å². The second-order valence-corrected chi connectivity index (χ2v) is 4.03. The van der Waals surface area contributed by atoms with Crippen LogP contribution in [0.4, 0.5) is 23.7 Å². The molecule has 0 spiro atoms. The summed E-state index contributed by atoms with van der Waals surface area (Å²) in [6, 6.07) is 1.06. The third-order valence-corrected chi connectivity index (χ3v) is 2.51. The minimum atomic E-state index is -4.69. The zero-order valence-electron chi connectivity index (χ0n) is 8.92. The van der Waals surface area contributed by atoms with E-state index in [0.29, 0.717) is 17.0 Å². The van der Waals surface area contributed by atoms with E-state index in [9.17, 15) is 27.6 Å². The summed E-state index contributed by atoms with van der Waals surface area (Å²) in [5.41, 5.74) is -1.55. The van der Waals surface area contributed by atoms with Crippen molar-refractivity contribution < 1.29 is 27.6 Å². The van der Waals surface area contributed by atoms with E-state index in [1.165, 1.54) is 0 Å². The van der Waals surface area contributed by atoms with E-state index in [1.807, 2.05) is 0 Å². The van der Waals surface area contributed by atoms with Crippen LogP contribution in [-0.4, -0.2) is 17.8 Å². The van der Waals surface area contributed by atoms with Gasteiger partial charge in [-0.2, -0.15) is 13.2 Å². The molecule has 1 aromatic carbocycles. The Morgan fingerprint density at radius 3 is 2.21 bits per heavy atom. The number of carbonyl (C=O) groups excluding carboxylic acids is 3. The van der Waals surface area contributed by atoms with E-state index in [-0.39, 0.29) is 5.02 Å². The highest BCUT2D eigenvalue weighted by atomic mass is 35.5.